The summed E-state index contributed by atoms with van der Waals surface area (Å²) in [6.07, 6.45) is 3.28. The zero-order chi connectivity index (χ0) is 10.1. The summed E-state index contributed by atoms with van der Waals surface area (Å²) < 4.78 is 1.13. The maximum absolute atomic E-state index is 4.50. The van der Waals surface area contributed by atoms with Crippen LogP contribution in [0, 0.1) is 0 Å². The van der Waals surface area contributed by atoms with Crippen molar-refractivity contribution in [3.63, 3.8) is 0 Å². The van der Waals surface area contributed by atoms with Gasteiger partial charge in [0, 0.05) is 19.3 Å². The van der Waals surface area contributed by atoms with Crippen molar-refractivity contribution in [2.45, 2.75) is 26.2 Å². The second-order valence-electron chi connectivity index (χ2n) is 4.07. The summed E-state index contributed by atoms with van der Waals surface area (Å²) in [6.45, 7) is 6.67. The van der Waals surface area contributed by atoms with E-state index in [9.17, 15) is 0 Å². The third kappa shape index (κ3) is 1.78. The van der Waals surface area contributed by atoms with Gasteiger partial charge in [0.2, 0.25) is 0 Å². The van der Waals surface area contributed by atoms with Gasteiger partial charge in [-0.2, -0.15) is 0 Å². The topological polar surface area (TPSA) is 16.1 Å². The molecular weight excluding hydrogens is 240 g/mol. The quantitative estimate of drug-likeness (QED) is 0.806. The van der Waals surface area contributed by atoms with Gasteiger partial charge in [-0.05, 0) is 39.9 Å². The van der Waals surface area contributed by atoms with Gasteiger partial charge in [0.25, 0.3) is 0 Å². The number of aromatic nitrogens is 1. The second-order valence-corrected chi connectivity index (χ2v) is 4.92. The molecule has 0 bridgehead atoms. The molecule has 76 valence electrons. The largest absolute Gasteiger partial charge is 0.356 e. The van der Waals surface area contributed by atoms with Gasteiger partial charge in [0.05, 0.1) is 4.47 Å². The minimum Gasteiger partial charge on any atom is -0.356 e. The molecule has 0 radical (unpaired) electrons. The Kier molecular flexibility index (Phi) is 2.77. The molecule has 0 aromatic carbocycles. The normalized spacial score (nSPS) is 15.9. The number of rotatable bonds is 2. The van der Waals surface area contributed by atoms with Crippen LogP contribution in [-0.2, 0) is 0 Å². The van der Waals surface area contributed by atoms with E-state index in [4.69, 9.17) is 0 Å². The minimum absolute atomic E-state index is 0.546. The predicted molar refractivity (Wildman–Crippen MR) is 62.9 cm³/mol. The molecule has 2 rings (SSSR count). The summed E-state index contributed by atoms with van der Waals surface area (Å²) in [5, 5.41) is 0. The average molecular weight is 255 g/mol. The highest BCUT2D eigenvalue weighted by atomic mass is 79.9. The summed E-state index contributed by atoms with van der Waals surface area (Å²) in [6, 6.07) is 2.19. The SMILES string of the molecule is CC(C)c1cnc(N2CCC2)c(Br)c1. The number of anilines is 1. The lowest BCUT2D eigenvalue weighted by atomic mass is 10.1. The van der Waals surface area contributed by atoms with Crippen LogP contribution in [0.15, 0.2) is 16.7 Å². The molecule has 1 aromatic rings. The lowest BCUT2D eigenvalue weighted by molar-refractivity contribution is 0.608. The van der Waals surface area contributed by atoms with Gasteiger partial charge in [-0.25, -0.2) is 4.98 Å². The van der Waals surface area contributed by atoms with E-state index in [2.05, 4.69) is 45.7 Å². The van der Waals surface area contributed by atoms with Gasteiger partial charge in [-0.1, -0.05) is 13.8 Å². The van der Waals surface area contributed by atoms with E-state index in [0.29, 0.717) is 5.92 Å². The number of hydrogen-bond donors (Lipinski definition) is 0. The summed E-state index contributed by atoms with van der Waals surface area (Å²) in [5.74, 6) is 1.64. The maximum Gasteiger partial charge on any atom is 0.142 e. The van der Waals surface area contributed by atoms with E-state index >= 15 is 0 Å². The van der Waals surface area contributed by atoms with Crippen molar-refractivity contribution in [2.24, 2.45) is 0 Å². The van der Waals surface area contributed by atoms with Crippen LogP contribution in [-0.4, -0.2) is 18.1 Å². The van der Waals surface area contributed by atoms with Crippen LogP contribution in [0.3, 0.4) is 0 Å². The van der Waals surface area contributed by atoms with Crippen molar-refractivity contribution >= 4 is 21.7 Å². The van der Waals surface area contributed by atoms with Crippen molar-refractivity contribution in [3.05, 3.63) is 22.3 Å². The summed E-state index contributed by atoms with van der Waals surface area (Å²) in [5.41, 5.74) is 1.29. The number of nitrogens with zero attached hydrogens (tertiary/aromatic N) is 2. The molecule has 2 heterocycles. The molecule has 1 fully saturated rings. The predicted octanol–water partition coefficient (Wildman–Crippen LogP) is 3.18. The molecular formula is C11H15BrN2. The molecule has 0 atom stereocenters. The molecule has 1 aliphatic heterocycles. The van der Waals surface area contributed by atoms with Crippen LogP contribution >= 0.6 is 15.9 Å². The fourth-order valence-corrected chi connectivity index (χ4v) is 2.14. The van der Waals surface area contributed by atoms with Crippen LogP contribution in [0.1, 0.15) is 31.7 Å². The lowest BCUT2D eigenvalue weighted by Gasteiger charge is -2.32. The summed E-state index contributed by atoms with van der Waals surface area (Å²) in [7, 11) is 0. The molecule has 1 saturated heterocycles. The van der Waals surface area contributed by atoms with E-state index in [0.717, 1.165) is 23.4 Å². The first-order valence-electron chi connectivity index (χ1n) is 5.09. The molecule has 0 spiro atoms. The zero-order valence-corrected chi connectivity index (χ0v) is 10.2. The van der Waals surface area contributed by atoms with Crippen LogP contribution in [0.4, 0.5) is 5.82 Å². The molecule has 14 heavy (non-hydrogen) atoms. The van der Waals surface area contributed by atoms with Crippen LogP contribution in [0.5, 0.6) is 0 Å². The Morgan fingerprint density at radius 3 is 2.57 bits per heavy atom. The van der Waals surface area contributed by atoms with Crippen molar-refractivity contribution in [1.29, 1.82) is 0 Å². The van der Waals surface area contributed by atoms with Crippen molar-refractivity contribution in [3.8, 4) is 0 Å². The van der Waals surface area contributed by atoms with Crippen LogP contribution in [0.2, 0.25) is 0 Å². The lowest BCUT2D eigenvalue weighted by Crippen LogP contribution is -2.37. The Bertz CT molecular complexity index is 332. The first-order valence-corrected chi connectivity index (χ1v) is 5.88. The summed E-state index contributed by atoms with van der Waals surface area (Å²) in [4.78, 5) is 6.80. The molecule has 0 unspecified atom stereocenters. The number of halogens is 1. The van der Waals surface area contributed by atoms with Gasteiger partial charge in [-0.3, -0.25) is 0 Å². The Balaban J connectivity index is 2.26. The van der Waals surface area contributed by atoms with Crippen molar-refractivity contribution in [2.75, 3.05) is 18.0 Å². The van der Waals surface area contributed by atoms with Gasteiger partial charge < -0.3 is 4.90 Å². The average Bonchev–Trinajstić information content (AvgIpc) is 2.04. The van der Waals surface area contributed by atoms with Gasteiger partial charge in [0.15, 0.2) is 0 Å². The van der Waals surface area contributed by atoms with Gasteiger partial charge in [-0.15, -0.1) is 0 Å². The molecule has 2 nitrogen and oxygen atoms in total. The smallest absolute Gasteiger partial charge is 0.142 e. The van der Waals surface area contributed by atoms with E-state index in [1.54, 1.807) is 0 Å². The molecule has 0 aliphatic carbocycles. The number of hydrogen-bond acceptors (Lipinski definition) is 2. The fraction of sp³-hybridized carbons (Fsp3) is 0.545. The molecule has 0 amide bonds. The van der Waals surface area contributed by atoms with Crippen LogP contribution < -0.4 is 4.90 Å². The van der Waals surface area contributed by atoms with E-state index in [1.165, 1.54) is 12.0 Å². The van der Waals surface area contributed by atoms with Crippen molar-refractivity contribution in [1.82, 2.24) is 4.98 Å². The molecule has 1 aromatic heterocycles. The molecule has 0 N–H and O–H groups in total. The van der Waals surface area contributed by atoms with Gasteiger partial charge in [0.1, 0.15) is 5.82 Å². The highest BCUT2D eigenvalue weighted by Crippen LogP contribution is 2.29. The second kappa shape index (κ2) is 3.89. The Hall–Kier alpha value is -0.570. The molecule has 1 aliphatic rings. The Labute approximate surface area is 93.5 Å². The maximum atomic E-state index is 4.50. The summed E-state index contributed by atoms with van der Waals surface area (Å²) >= 11 is 3.59. The van der Waals surface area contributed by atoms with Gasteiger partial charge >= 0.3 is 0 Å². The molecule has 3 heteroatoms. The Morgan fingerprint density at radius 1 is 1.43 bits per heavy atom. The fourth-order valence-electron chi connectivity index (χ4n) is 1.52. The van der Waals surface area contributed by atoms with E-state index in [-0.39, 0.29) is 0 Å². The number of pyridine rings is 1. The standard InChI is InChI=1S/C11H15BrN2/c1-8(2)9-6-10(12)11(13-7-9)14-4-3-5-14/h6-8H,3-5H2,1-2H3. The van der Waals surface area contributed by atoms with Crippen molar-refractivity contribution < 1.29 is 0 Å². The zero-order valence-electron chi connectivity index (χ0n) is 8.63. The van der Waals surface area contributed by atoms with E-state index in [1.807, 2.05) is 6.20 Å². The first kappa shape index (κ1) is 9.97. The highest BCUT2D eigenvalue weighted by Gasteiger charge is 2.18. The third-order valence-electron chi connectivity index (χ3n) is 2.67. The minimum atomic E-state index is 0.546. The monoisotopic (exact) mass is 254 g/mol. The molecule has 0 saturated carbocycles. The first-order chi connectivity index (χ1) is 6.68. The third-order valence-corrected chi connectivity index (χ3v) is 3.25. The highest BCUT2D eigenvalue weighted by molar-refractivity contribution is 9.10. The van der Waals surface area contributed by atoms with E-state index < -0.39 is 0 Å². The Morgan fingerprint density at radius 2 is 2.14 bits per heavy atom. The van der Waals surface area contributed by atoms with Crippen LogP contribution in [0.25, 0.3) is 0 Å².